The SMILES string of the molecule is COC1(C)CN(Cc2cnc(C(=O)Nc3cccc(-c4cccc(NC(=O)c5cc(C6CC6)c(CN)cn5)c4C)c3C)cc2C2CC2)C1. The Labute approximate surface area is 282 Å². The van der Waals surface area contributed by atoms with Gasteiger partial charge in [0.1, 0.15) is 11.4 Å². The smallest absolute Gasteiger partial charge is 0.274 e. The summed E-state index contributed by atoms with van der Waals surface area (Å²) in [6, 6.07) is 15.6. The van der Waals surface area contributed by atoms with Crippen LogP contribution in [-0.2, 0) is 17.8 Å². The topological polar surface area (TPSA) is 122 Å². The number of carbonyl (C=O) groups excluding carboxylic acids is 2. The van der Waals surface area contributed by atoms with Crippen molar-refractivity contribution in [2.24, 2.45) is 5.73 Å². The van der Waals surface area contributed by atoms with E-state index < -0.39 is 0 Å². The van der Waals surface area contributed by atoms with Crippen LogP contribution in [0.3, 0.4) is 0 Å². The summed E-state index contributed by atoms with van der Waals surface area (Å²) >= 11 is 0. The van der Waals surface area contributed by atoms with Crippen molar-refractivity contribution in [3.05, 3.63) is 106 Å². The third-order valence-electron chi connectivity index (χ3n) is 10.2. The van der Waals surface area contributed by atoms with E-state index in [1.165, 1.54) is 11.1 Å². The molecule has 0 radical (unpaired) electrons. The molecule has 3 aliphatic rings. The molecule has 248 valence electrons. The Bertz CT molecular complexity index is 1890. The fourth-order valence-electron chi connectivity index (χ4n) is 6.98. The molecule has 1 saturated heterocycles. The molecule has 4 aromatic rings. The van der Waals surface area contributed by atoms with Crippen molar-refractivity contribution in [2.75, 3.05) is 30.8 Å². The van der Waals surface area contributed by atoms with Gasteiger partial charge in [0.15, 0.2) is 0 Å². The van der Waals surface area contributed by atoms with Crippen molar-refractivity contribution in [3.8, 4) is 11.1 Å². The van der Waals surface area contributed by atoms with E-state index in [0.29, 0.717) is 35.5 Å². The number of pyridine rings is 2. The molecule has 0 unspecified atom stereocenters. The normalized spacial score (nSPS) is 17.1. The number of nitrogens with two attached hydrogens (primary N) is 1. The summed E-state index contributed by atoms with van der Waals surface area (Å²) < 4.78 is 5.62. The minimum absolute atomic E-state index is 0.0815. The van der Waals surface area contributed by atoms with E-state index in [1.54, 1.807) is 13.3 Å². The molecule has 2 amide bonds. The Kier molecular flexibility index (Phi) is 8.62. The van der Waals surface area contributed by atoms with Gasteiger partial charge in [0.2, 0.25) is 0 Å². The van der Waals surface area contributed by atoms with Gasteiger partial charge in [-0.25, -0.2) is 0 Å². The average molecular weight is 645 g/mol. The molecule has 2 aliphatic carbocycles. The molecule has 2 aromatic carbocycles. The van der Waals surface area contributed by atoms with Crippen LogP contribution in [0, 0.1) is 13.8 Å². The van der Waals surface area contributed by atoms with E-state index >= 15 is 0 Å². The highest BCUT2D eigenvalue weighted by Crippen LogP contribution is 2.43. The Morgan fingerprint density at radius 2 is 1.31 bits per heavy atom. The van der Waals surface area contributed by atoms with Crippen LogP contribution in [0.5, 0.6) is 0 Å². The van der Waals surface area contributed by atoms with Gasteiger partial charge in [0.05, 0.1) is 5.60 Å². The second kappa shape index (κ2) is 12.9. The Morgan fingerprint density at radius 3 is 1.77 bits per heavy atom. The van der Waals surface area contributed by atoms with Crippen molar-refractivity contribution in [3.63, 3.8) is 0 Å². The van der Waals surface area contributed by atoms with Crippen molar-refractivity contribution in [1.82, 2.24) is 14.9 Å². The first-order valence-electron chi connectivity index (χ1n) is 16.9. The van der Waals surface area contributed by atoms with Crippen LogP contribution in [0.15, 0.2) is 60.9 Å². The number of methoxy groups -OCH3 is 1. The Hall–Kier alpha value is -4.44. The molecule has 7 rings (SSSR count). The number of likely N-dealkylation sites (tertiary alicyclic amines) is 1. The minimum atomic E-state index is -0.249. The fourth-order valence-corrected chi connectivity index (χ4v) is 6.98. The van der Waals surface area contributed by atoms with Gasteiger partial charge in [0.25, 0.3) is 11.8 Å². The third-order valence-corrected chi connectivity index (χ3v) is 10.2. The van der Waals surface area contributed by atoms with Crippen molar-refractivity contribution in [1.29, 1.82) is 0 Å². The van der Waals surface area contributed by atoms with Crippen LogP contribution < -0.4 is 16.4 Å². The lowest BCUT2D eigenvalue weighted by molar-refractivity contribution is -0.114. The third kappa shape index (κ3) is 6.50. The highest BCUT2D eigenvalue weighted by Gasteiger charge is 2.39. The van der Waals surface area contributed by atoms with Crippen molar-refractivity contribution >= 4 is 23.2 Å². The Balaban J connectivity index is 1.08. The molecule has 3 heterocycles. The highest BCUT2D eigenvalue weighted by molar-refractivity contribution is 6.05. The summed E-state index contributed by atoms with van der Waals surface area (Å²) in [5.41, 5.74) is 16.5. The van der Waals surface area contributed by atoms with E-state index in [4.69, 9.17) is 10.5 Å². The molecule has 9 heteroatoms. The van der Waals surface area contributed by atoms with Crippen molar-refractivity contribution < 1.29 is 14.3 Å². The molecule has 9 nitrogen and oxygen atoms in total. The number of benzene rings is 2. The summed E-state index contributed by atoms with van der Waals surface area (Å²) in [5.74, 6) is 0.488. The lowest BCUT2D eigenvalue weighted by Gasteiger charge is -2.47. The van der Waals surface area contributed by atoms with Crippen LogP contribution in [0.2, 0.25) is 0 Å². The number of anilines is 2. The van der Waals surface area contributed by atoms with E-state index in [-0.39, 0.29) is 17.4 Å². The van der Waals surface area contributed by atoms with Crippen LogP contribution in [0.25, 0.3) is 11.1 Å². The number of carbonyl (C=O) groups is 2. The largest absolute Gasteiger partial charge is 0.376 e. The number of hydrogen-bond donors (Lipinski definition) is 3. The standard InChI is InChI=1S/C39H44N6O3/c1-23-29(7-5-9-33(23)43-37(46)35-15-31(25-11-12-25)27(17-40)18-41-35)30-8-6-10-34(24(30)2)44-38(47)36-16-32(26-13-14-26)28(19-42-36)20-45-21-39(3,22-45)48-4/h5-10,15-16,18-19,25-26H,11-14,17,20-22,40H2,1-4H3,(H,43,46)(H,44,47). The maximum Gasteiger partial charge on any atom is 0.274 e. The van der Waals surface area contributed by atoms with Gasteiger partial charge in [-0.1, -0.05) is 24.3 Å². The summed E-state index contributed by atoms with van der Waals surface area (Å²) in [6.45, 7) is 9.15. The molecule has 0 spiro atoms. The van der Waals surface area contributed by atoms with Gasteiger partial charge < -0.3 is 21.1 Å². The van der Waals surface area contributed by atoms with Gasteiger partial charge in [-0.3, -0.25) is 24.5 Å². The molecule has 48 heavy (non-hydrogen) atoms. The minimum Gasteiger partial charge on any atom is -0.376 e. The molecule has 1 aliphatic heterocycles. The number of ether oxygens (including phenoxy) is 1. The fraction of sp³-hybridized carbons (Fsp3) is 0.385. The molecule has 0 atom stereocenters. The lowest BCUT2D eigenvalue weighted by Crippen LogP contribution is -2.60. The maximum absolute atomic E-state index is 13.6. The van der Waals surface area contributed by atoms with Gasteiger partial charge in [0, 0.05) is 57.1 Å². The number of nitrogens with zero attached hydrogens (tertiary/aromatic N) is 3. The molecular weight excluding hydrogens is 600 g/mol. The molecule has 4 N–H and O–H groups in total. The average Bonchev–Trinajstić information content (AvgIpc) is 4.00. The second-order valence-corrected chi connectivity index (χ2v) is 14.0. The van der Waals surface area contributed by atoms with Gasteiger partial charge in [-0.2, -0.15) is 0 Å². The quantitative estimate of drug-likeness (QED) is 0.166. The number of amides is 2. The number of hydrogen-bond acceptors (Lipinski definition) is 7. The zero-order chi connectivity index (χ0) is 33.6. The zero-order valence-electron chi connectivity index (χ0n) is 28.2. The van der Waals surface area contributed by atoms with E-state index in [2.05, 4.69) is 32.4 Å². The predicted molar refractivity (Wildman–Crippen MR) is 188 cm³/mol. The molecule has 2 aromatic heterocycles. The van der Waals surface area contributed by atoms with Crippen LogP contribution in [0.1, 0.15) is 98.8 Å². The van der Waals surface area contributed by atoms with E-state index in [9.17, 15) is 9.59 Å². The Morgan fingerprint density at radius 1 is 0.833 bits per heavy atom. The van der Waals surface area contributed by atoms with Gasteiger partial charge in [-0.15, -0.1) is 0 Å². The number of nitrogens with one attached hydrogen (secondary N) is 2. The second-order valence-electron chi connectivity index (χ2n) is 14.0. The van der Waals surface area contributed by atoms with E-state index in [0.717, 1.165) is 84.4 Å². The van der Waals surface area contributed by atoms with Gasteiger partial charge >= 0.3 is 0 Å². The lowest BCUT2D eigenvalue weighted by atomic mass is 9.94. The molecule has 3 fully saturated rings. The predicted octanol–water partition coefficient (Wildman–Crippen LogP) is 6.70. The highest BCUT2D eigenvalue weighted by atomic mass is 16.5. The zero-order valence-corrected chi connectivity index (χ0v) is 28.2. The number of rotatable bonds is 11. The van der Waals surface area contributed by atoms with Crippen molar-refractivity contribution in [2.45, 2.75) is 77.0 Å². The first kappa shape index (κ1) is 32.1. The molecule has 2 saturated carbocycles. The molecule has 0 bridgehead atoms. The van der Waals surface area contributed by atoms with E-state index in [1.807, 2.05) is 68.6 Å². The maximum atomic E-state index is 13.6. The summed E-state index contributed by atoms with van der Waals surface area (Å²) in [7, 11) is 1.77. The number of aromatic nitrogens is 2. The summed E-state index contributed by atoms with van der Waals surface area (Å²) in [4.78, 5) is 38.3. The first-order chi connectivity index (χ1) is 23.2. The summed E-state index contributed by atoms with van der Waals surface area (Å²) in [5, 5.41) is 6.20. The monoisotopic (exact) mass is 644 g/mol. The van der Waals surface area contributed by atoms with Crippen LogP contribution in [0.4, 0.5) is 11.4 Å². The molecular formula is C39H44N6O3. The van der Waals surface area contributed by atoms with Crippen LogP contribution >= 0.6 is 0 Å². The summed E-state index contributed by atoms with van der Waals surface area (Å²) in [6.07, 6.45) is 8.15. The van der Waals surface area contributed by atoms with Gasteiger partial charge in [-0.05, 0) is 127 Å². The van der Waals surface area contributed by atoms with Crippen LogP contribution in [-0.4, -0.2) is 52.5 Å². The first-order valence-corrected chi connectivity index (χ1v) is 16.9.